The van der Waals surface area contributed by atoms with Crippen LogP contribution in [0.1, 0.15) is 31.2 Å². The van der Waals surface area contributed by atoms with Crippen molar-refractivity contribution in [1.29, 1.82) is 0 Å². The first-order valence-electron chi connectivity index (χ1n) is 10.9. The Morgan fingerprint density at radius 1 is 1.16 bits per heavy atom. The lowest BCUT2D eigenvalue weighted by atomic mass is 9.93. The van der Waals surface area contributed by atoms with Crippen LogP contribution in [0, 0.1) is 0 Å². The molecule has 0 aliphatic heterocycles. The number of fused-ring (bicyclic) bond motifs is 1. The van der Waals surface area contributed by atoms with Crippen LogP contribution in [0.15, 0.2) is 36.5 Å². The van der Waals surface area contributed by atoms with E-state index in [1.54, 1.807) is 17.9 Å². The van der Waals surface area contributed by atoms with Gasteiger partial charge in [0.05, 0.1) is 11.6 Å². The van der Waals surface area contributed by atoms with Gasteiger partial charge in [0.25, 0.3) is 6.43 Å². The lowest BCUT2D eigenvalue weighted by Gasteiger charge is -2.29. The highest BCUT2D eigenvalue weighted by Gasteiger charge is 2.22. The number of anilines is 2. The van der Waals surface area contributed by atoms with Gasteiger partial charge in [-0.15, -0.1) is 0 Å². The van der Waals surface area contributed by atoms with Crippen LogP contribution in [0.4, 0.5) is 20.3 Å². The number of alkyl halides is 2. The first-order valence-corrected chi connectivity index (χ1v) is 10.9. The van der Waals surface area contributed by atoms with E-state index in [1.807, 2.05) is 31.4 Å². The van der Waals surface area contributed by atoms with Crippen molar-refractivity contribution in [3.8, 4) is 5.88 Å². The van der Waals surface area contributed by atoms with Crippen molar-refractivity contribution in [3.63, 3.8) is 0 Å². The van der Waals surface area contributed by atoms with E-state index < -0.39 is 13.0 Å². The van der Waals surface area contributed by atoms with Crippen LogP contribution >= 0.6 is 0 Å². The highest BCUT2D eigenvalue weighted by molar-refractivity contribution is 5.82. The van der Waals surface area contributed by atoms with Gasteiger partial charge in [0, 0.05) is 55.6 Å². The SMILES string of the molecule is COC1CCC(Nc2nc(OCC(F)F)ccc2CNc2ccc3nn(C)cc3c2)CC1. The second-order valence-corrected chi connectivity index (χ2v) is 8.14. The zero-order valence-electron chi connectivity index (χ0n) is 18.4. The summed E-state index contributed by atoms with van der Waals surface area (Å²) in [6.07, 6.45) is 3.62. The Balaban J connectivity index is 1.48. The quantitative estimate of drug-likeness (QED) is 0.502. The minimum absolute atomic E-state index is 0.193. The number of hydrogen-bond donors (Lipinski definition) is 2. The molecular formula is C23H29F2N5O2. The van der Waals surface area contributed by atoms with Crippen molar-refractivity contribution in [2.75, 3.05) is 24.4 Å². The Bertz CT molecular complexity index is 1030. The van der Waals surface area contributed by atoms with E-state index in [0.717, 1.165) is 47.8 Å². The Hall–Kier alpha value is -2.94. The second kappa shape index (κ2) is 10.1. The number of hydrogen-bond acceptors (Lipinski definition) is 6. The first-order chi connectivity index (χ1) is 15.5. The molecule has 0 amide bonds. The molecule has 1 fully saturated rings. The van der Waals surface area contributed by atoms with Gasteiger partial charge in [-0.3, -0.25) is 4.68 Å². The number of aromatic nitrogens is 3. The molecule has 0 atom stereocenters. The fraction of sp³-hybridized carbons (Fsp3) is 0.478. The van der Waals surface area contributed by atoms with Crippen molar-refractivity contribution in [1.82, 2.24) is 14.8 Å². The van der Waals surface area contributed by atoms with Crippen molar-refractivity contribution >= 4 is 22.4 Å². The number of nitrogens with one attached hydrogen (secondary N) is 2. The number of rotatable bonds is 9. The number of methoxy groups -OCH3 is 1. The lowest BCUT2D eigenvalue weighted by Crippen LogP contribution is -2.30. The molecule has 0 unspecified atom stereocenters. The lowest BCUT2D eigenvalue weighted by molar-refractivity contribution is 0.0681. The number of benzene rings is 1. The van der Waals surface area contributed by atoms with Gasteiger partial charge < -0.3 is 20.1 Å². The molecule has 0 spiro atoms. The van der Waals surface area contributed by atoms with Gasteiger partial charge in [-0.05, 0) is 49.9 Å². The average molecular weight is 446 g/mol. The van der Waals surface area contributed by atoms with E-state index in [4.69, 9.17) is 9.47 Å². The molecule has 2 heterocycles. The molecule has 0 radical (unpaired) electrons. The van der Waals surface area contributed by atoms with Gasteiger partial charge in [0.2, 0.25) is 5.88 Å². The molecule has 2 aromatic heterocycles. The molecule has 172 valence electrons. The largest absolute Gasteiger partial charge is 0.472 e. The highest BCUT2D eigenvalue weighted by Crippen LogP contribution is 2.27. The number of pyridine rings is 1. The molecule has 9 heteroatoms. The third-order valence-corrected chi connectivity index (χ3v) is 5.76. The van der Waals surface area contributed by atoms with E-state index >= 15 is 0 Å². The maximum atomic E-state index is 12.6. The maximum absolute atomic E-state index is 12.6. The van der Waals surface area contributed by atoms with Crippen molar-refractivity contribution < 1.29 is 18.3 Å². The molecule has 1 aliphatic carbocycles. The van der Waals surface area contributed by atoms with Gasteiger partial charge in [-0.1, -0.05) is 0 Å². The van der Waals surface area contributed by atoms with E-state index in [2.05, 4.69) is 26.8 Å². The number of aryl methyl sites for hydroxylation is 1. The number of halogens is 2. The summed E-state index contributed by atoms with van der Waals surface area (Å²) in [5, 5.41) is 12.4. The number of nitrogens with zero attached hydrogens (tertiary/aromatic N) is 3. The van der Waals surface area contributed by atoms with Gasteiger partial charge in [-0.25, -0.2) is 8.78 Å². The van der Waals surface area contributed by atoms with Crippen molar-refractivity contribution in [2.45, 2.75) is 50.8 Å². The van der Waals surface area contributed by atoms with Crippen LogP contribution in [0.25, 0.3) is 10.9 Å². The number of ether oxygens (including phenoxy) is 2. The molecule has 0 saturated heterocycles. The van der Waals surface area contributed by atoms with Gasteiger partial charge >= 0.3 is 0 Å². The van der Waals surface area contributed by atoms with Crippen LogP contribution in [-0.2, 0) is 18.3 Å². The van der Waals surface area contributed by atoms with Crippen LogP contribution in [-0.4, -0.2) is 47.1 Å². The summed E-state index contributed by atoms with van der Waals surface area (Å²) in [5.41, 5.74) is 2.85. The smallest absolute Gasteiger partial charge is 0.272 e. The third kappa shape index (κ3) is 5.64. The van der Waals surface area contributed by atoms with Gasteiger partial charge in [-0.2, -0.15) is 10.1 Å². The Morgan fingerprint density at radius 3 is 2.72 bits per heavy atom. The molecule has 0 bridgehead atoms. The van der Waals surface area contributed by atoms with Crippen molar-refractivity contribution in [3.05, 3.63) is 42.1 Å². The molecule has 32 heavy (non-hydrogen) atoms. The van der Waals surface area contributed by atoms with E-state index in [1.165, 1.54) is 0 Å². The summed E-state index contributed by atoms with van der Waals surface area (Å²) < 4.78 is 37.5. The van der Waals surface area contributed by atoms with E-state index in [0.29, 0.717) is 18.5 Å². The van der Waals surface area contributed by atoms with Crippen LogP contribution in [0.5, 0.6) is 5.88 Å². The molecule has 3 aromatic rings. The Labute approximate surface area is 186 Å². The molecular weight excluding hydrogens is 416 g/mol. The summed E-state index contributed by atoms with van der Waals surface area (Å²) in [4.78, 5) is 4.49. The van der Waals surface area contributed by atoms with Crippen molar-refractivity contribution in [2.24, 2.45) is 7.05 Å². The standard InChI is InChI=1S/C23H29F2N5O2/c1-30-13-16-11-18(6-9-20(16)29-30)26-12-15-3-10-22(32-14-21(24)25)28-23(15)27-17-4-7-19(31-2)8-5-17/h3,6,9-11,13,17,19,21,26H,4-5,7-8,12,14H2,1-2H3,(H,27,28). The highest BCUT2D eigenvalue weighted by atomic mass is 19.3. The summed E-state index contributed by atoms with van der Waals surface area (Å²) in [7, 11) is 3.64. The second-order valence-electron chi connectivity index (χ2n) is 8.14. The zero-order chi connectivity index (χ0) is 22.5. The van der Waals surface area contributed by atoms with Crippen LogP contribution < -0.4 is 15.4 Å². The monoisotopic (exact) mass is 445 g/mol. The first kappa shape index (κ1) is 22.3. The molecule has 1 aromatic carbocycles. The minimum atomic E-state index is -2.54. The van der Waals surface area contributed by atoms with Crippen LogP contribution in [0.3, 0.4) is 0 Å². The summed E-state index contributed by atoms with van der Waals surface area (Å²) in [5.74, 6) is 0.853. The zero-order valence-corrected chi connectivity index (χ0v) is 18.4. The maximum Gasteiger partial charge on any atom is 0.272 e. The molecule has 2 N–H and O–H groups in total. The molecule has 4 rings (SSSR count). The Morgan fingerprint density at radius 2 is 1.97 bits per heavy atom. The predicted octanol–water partition coefficient (Wildman–Crippen LogP) is 4.59. The fourth-order valence-corrected chi connectivity index (χ4v) is 4.06. The van der Waals surface area contributed by atoms with E-state index in [-0.39, 0.29) is 11.9 Å². The summed E-state index contributed by atoms with van der Waals surface area (Å²) in [6, 6.07) is 9.77. The topological polar surface area (TPSA) is 73.2 Å². The normalized spacial score (nSPS) is 18.8. The summed E-state index contributed by atoms with van der Waals surface area (Å²) >= 11 is 0. The summed E-state index contributed by atoms with van der Waals surface area (Å²) in [6.45, 7) is -0.141. The fourth-order valence-electron chi connectivity index (χ4n) is 4.06. The minimum Gasteiger partial charge on any atom is -0.472 e. The van der Waals surface area contributed by atoms with E-state index in [9.17, 15) is 8.78 Å². The average Bonchev–Trinajstić information content (AvgIpc) is 3.16. The van der Waals surface area contributed by atoms with Gasteiger partial charge in [0.15, 0.2) is 6.61 Å². The Kier molecular flexibility index (Phi) is 7.04. The molecule has 7 nitrogen and oxygen atoms in total. The van der Waals surface area contributed by atoms with Gasteiger partial charge in [0.1, 0.15) is 5.82 Å². The molecule has 1 saturated carbocycles. The third-order valence-electron chi connectivity index (χ3n) is 5.76. The van der Waals surface area contributed by atoms with Crippen LogP contribution in [0.2, 0.25) is 0 Å². The molecule has 1 aliphatic rings. The predicted molar refractivity (Wildman–Crippen MR) is 120 cm³/mol.